The largest absolute Gasteiger partial charge is 0.550 e. The molecule has 3 rings (SSSR count). The van der Waals surface area contributed by atoms with Crippen molar-refractivity contribution in [1.29, 1.82) is 0 Å². The molecule has 1 heterocycles. The lowest BCUT2D eigenvalue weighted by Crippen LogP contribution is -2.34. The van der Waals surface area contributed by atoms with Gasteiger partial charge in [-0.2, -0.15) is 0 Å². The molecular formula is C20H14BrClNO5-. The lowest BCUT2D eigenvalue weighted by atomic mass is 9.95. The minimum absolute atomic E-state index is 0.104. The third kappa shape index (κ3) is 3.95. The third-order valence-corrected chi connectivity index (χ3v) is 5.18. The number of carboxylic acids is 1. The van der Waals surface area contributed by atoms with E-state index < -0.39 is 30.1 Å². The van der Waals surface area contributed by atoms with E-state index in [0.717, 1.165) is 9.37 Å². The summed E-state index contributed by atoms with van der Waals surface area (Å²) in [4.78, 5) is 37.3. The zero-order valence-corrected chi connectivity index (χ0v) is 16.7. The van der Waals surface area contributed by atoms with Crippen LogP contribution in [-0.2, 0) is 14.4 Å². The molecule has 0 aromatic heterocycles. The van der Waals surface area contributed by atoms with E-state index in [0.29, 0.717) is 16.1 Å². The number of nitrogens with zero attached hydrogens (tertiary/aromatic N) is 1. The Morgan fingerprint density at radius 3 is 2.29 bits per heavy atom. The summed E-state index contributed by atoms with van der Waals surface area (Å²) in [5.41, 5.74) is 0.786. The van der Waals surface area contributed by atoms with Gasteiger partial charge < -0.3 is 19.9 Å². The number of carboxylic acid groups (broad SMARTS) is 1. The Balaban J connectivity index is 2.14. The summed E-state index contributed by atoms with van der Waals surface area (Å²) in [5.74, 6) is -3.43. The van der Waals surface area contributed by atoms with Gasteiger partial charge in [0, 0.05) is 34.0 Å². The standard InChI is InChI=1S/C20H15BrClNO5/c21-13-5-1-11(2-6-13)17-16(18(26)12-3-7-14(22)8-4-12)19(27)20(28)23(17)10-9-15(24)25/h1-8,17,26H,9-10H2,(H,24,25)/p-1/t17-/m1/s1. The van der Waals surface area contributed by atoms with Crippen LogP contribution in [0.3, 0.4) is 0 Å². The number of Topliss-reactive ketones (excluding diaryl/α,β-unsaturated/α-hetero) is 1. The molecule has 1 aliphatic heterocycles. The predicted octanol–water partition coefficient (Wildman–Crippen LogP) is 2.66. The molecule has 8 heteroatoms. The number of aliphatic hydroxyl groups excluding tert-OH is 1. The highest BCUT2D eigenvalue weighted by Crippen LogP contribution is 2.39. The zero-order valence-electron chi connectivity index (χ0n) is 14.4. The first kappa shape index (κ1) is 20.1. The van der Waals surface area contributed by atoms with Crippen LogP contribution in [0.15, 0.2) is 58.6 Å². The number of aliphatic carboxylic acids is 1. The van der Waals surface area contributed by atoms with Crippen LogP contribution in [0.2, 0.25) is 5.02 Å². The number of benzene rings is 2. The molecule has 1 N–H and O–H groups in total. The van der Waals surface area contributed by atoms with Gasteiger partial charge in [-0.15, -0.1) is 0 Å². The van der Waals surface area contributed by atoms with E-state index in [-0.39, 0.29) is 17.9 Å². The Bertz CT molecular complexity index is 969. The molecule has 1 aliphatic rings. The Hall–Kier alpha value is -2.64. The van der Waals surface area contributed by atoms with Gasteiger partial charge in [0.05, 0.1) is 11.6 Å². The van der Waals surface area contributed by atoms with Crippen molar-refractivity contribution in [2.75, 3.05) is 6.54 Å². The first-order chi connectivity index (χ1) is 13.3. The average molecular weight is 464 g/mol. The molecule has 6 nitrogen and oxygen atoms in total. The summed E-state index contributed by atoms with van der Waals surface area (Å²) in [6.45, 7) is -0.217. The maximum Gasteiger partial charge on any atom is 0.295 e. The van der Waals surface area contributed by atoms with Gasteiger partial charge in [0.25, 0.3) is 11.7 Å². The summed E-state index contributed by atoms with van der Waals surface area (Å²) in [6, 6.07) is 12.1. The molecule has 0 radical (unpaired) electrons. The summed E-state index contributed by atoms with van der Waals surface area (Å²) in [6.07, 6.45) is -0.430. The minimum Gasteiger partial charge on any atom is -0.550 e. The van der Waals surface area contributed by atoms with Crippen molar-refractivity contribution in [2.24, 2.45) is 0 Å². The predicted molar refractivity (Wildman–Crippen MR) is 104 cm³/mol. The molecule has 0 bridgehead atoms. The molecule has 1 amide bonds. The second kappa shape index (κ2) is 8.16. The number of amides is 1. The molecule has 1 saturated heterocycles. The number of likely N-dealkylation sites (tertiary alicyclic amines) is 1. The maximum absolute atomic E-state index is 12.7. The molecule has 1 atom stereocenters. The summed E-state index contributed by atoms with van der Waals surface area (Å²) in [5, 5.41) is 22.1. The molecule has 2 aromatic carbocycles. The van der Waals surface area contributed by atoms with Gasteiger partial charge in [-0.05, 0) is 42.0 Å². The smallest absolute Gasteiger partial charge is 0.295 e. The fourth-order valence-corrected chi connectivity index (χ4v) is 3.47. The van der Waals surface area contributed by atoms with E-state index >= 15 is 0 Å². The Kier molecular flexibility index (Phi) is 5.86. The van der Waals surface area contributed by atoms with Crippen molar-refractivity contribution in [1.82, 2.24) is 4.90 Å². The first-order valence-corrected chi connectivity index (χ1v) is 9.46. The number of rotatable bonds is 5. The van der Waals surface area contributed by atoms with Crippen LogP contribution >= 0.6 is 27.5 Å². The van der Waals surface area contributed by atoms with E-state index in [1.165, 1.54) is 12.1 Å². The normalized spacial score (nSPS) is 18.5. The van der Waals surface area contributed by atoms with Gasteiger partial charge in [-0.25, -0.2) is 0 Å². The molecule has 2 aromatic rings. The quantitative estimate of drug-likeness (QED) is 0.418. The summed E-state index contributed by atoms with van der Waals surface area (Å²) in [7, 11) is 0. The van der Waals surface area contributed by atoms with E-state index in [2.05, 4.69) is 15.9 Å². The molecule has 0 aliphatic carbocycles. The fraction of sp³-hybridized carbons (Fsp3) is 0.150. The van der Waals surface area contributed by atoms with Gasteiger partial charge in [-0.1, -0.05) is 39.7 Å². The number of hydrogen-bond donors (Lipinski definition) is 1. The van der Waals surface area contributed by atoms with Crippen molar-refractivity contribution < 1.29 is 24.6 Å². The van der Waals surface area contributed by atoms with E-state index in [1.807, 2.05) is 0 Å². The van der Waals surface area contributed by atoms with Crippen LogP contribution < -0.4 is 5.11 Å². The number of carbonyl (C=O) groups is 3. The average Bonchev–Trinajstić information content (AvgIpc) is 2.91. The molecular weight excluding hydrogens is 450 g/mol. The zero-order chi connectivity index (χ0) is 20.4. The highest BCUT2D eigenvalue weighted by atomic mass is 79.9. The molecule has 28 heavy (non-hydrogen) atoms. The SMILES string of the molecule is O=C([O-])CCN1C(=O)C(=O)C(=C(O)c2ccc(Cl)cc2)[C@H]1c1ccc(Br)cc1. The number of aliphatic hydroxyl groups is 1. The molecule has 0 unspecified atom stereocenters. The molecule has 0 saturated carbocycles. The van der Waals surface area contributed by atoms with E-state index in [1.54, 1.807) is 36.4 Å². The van der Waals surface area contributed by atoms with Crippen LogP contribution in [0.1, 0.15) is 23.6 Å². The number of halogens is 2. The first-order valence-electron chi connectivity index (χ1n) is 8.29. The Labute approximate surface area is 174 Å². The number of ketones is 1. The highest BCUT2D eigenvalue weighted by molar-refractivity contribution is 9.10. The van der Waals surface area contributed by atoms with Crippen LogP contribution in [0, 0.1) is 0 Å². The summed E-state index contributed by atoms with van der Waals surface area (Å²) >= 11 is 9.19. The topological polar surface area (TPSA) is 97.7 Å². The second-order valence-corrected chi connectivity index (χ2v) is 7.53. The van der Waals surface area contributed by atoms with Gasteiger partial charge >= 0.3 is 0 Å². The third-order valence-electron chi connectivity index (χ3n) is 4.40. The molecule has 144 valence electrons. The van der Waals surface area contributed by atoms with Crippen LogP contribution in [0.25, 0.3) is 5.76 Å². The Morgan fingerprint density at radius 1 is 1.11 bits per heavy atom. The van der Waals surface area contributed by atoms with Crippen molar-refractivity contribution in [3.63, 3.8) is 0 Å². The number of hydrogen-bond acceptors (Lipinski definition) is 5. The van der Waals surface area contributed by atoms with Crippen molar-refractivity contribution in [3.8, 4) is 0 Å². The fourth-order valence-electron chi connectivity index (χ4n) is 3.08. The molecule has 0 spiro atoms. The lowest BCUT2D eigenvalue weighted by Gasteiger charge is -2.25. The lowest BCUT2D eigenvalue weighted by molar-refractivity contribution is -0.305. The number of carbonyl (C=O) groups excluding carboxylic acids is 3. The maximum atomic E-state index is 12.7. The van der Waals surface area contributed by atoms with Crippen molar-refractivity contribution in [2.45, 2.75) is 12.5 Å². The van der Waals surface area contributed by atoms with Gasteiger partial charge in [0.2, 0.25) is 0 Å². The Morgan fingerprint density at radius 2 is 1.71 bits per heavy atom. The van der Waals surface area contributed by atoms with E-state index in [9.17, 15) is 24.6 Å². The second-order valence-electron chi connectivity index (χ2n) is 6.17. The van der Waals surface area contributed by atoms with Gasteiger partial charge in [0.15, 0.2) is 0 Å². The highest BCUT2D eigenvalue weighted by Gasteiger charge is 2.45. The van der Waals surface area contributed by atoms with Crippen molar-refractivity contribution >= 4 is 50.9 Å². The van der Waals surface area contributed by atoms with Crippen LogP contribution in [0.4, 0.5) is 0 Å². The van der Waals surface area contributed by atoms with Crippen molar-refractivity contribution in [3.05, 3.63) is 74.7 Å². The monoisotopic (exact) mass is 462 g/mol. The molecule has 1 fully saturated rings. The summed E-state index contributed by atoms with van der Waals surface area (Å²) < 4.78 is 0.792. The van der Waals surface area contributed by atoms with Crippen LogP contribution in [0.5, 0.6) is 0 Å². The minimum atomic E-state index is -1.34. The van der Waals surface area contributed by atoms with Gasteiger partial charge in [-0.3, -0.25) is 9.59 Å². The van der Waals surface area contributed by atoms with Crippen LogP contribution in [-0.4, -0.2) is 34.2 Å². The van der Waals surface area contributed by atoms with E-state index in [4.69, 9.17) is 11.6 Å². The van der Waals surface area contributed by atoms with Gasteiger partial charge in [0.1, 0.15) is 5.76 Å².